The van der Waals surface area contributed by atoms with Crippen LogP contribution >= 0.6 is 0 Å². The highest BCUT2D eigenvalue weighted by molar-refractivity contribution is 6.30. The van der Waals surface area contributed by atoms with E-state index in [0.717, 1.165) is 0 Å². The van der Waals surface area contributed by atoms with E-state index in [1.807, 2.05) is 0 Å². The Kier molecular flexibility index (Phi) is 22.0. The van der Waals surface area contributed by atoms with Crippen molar-refractivity contribution in [3.05, 3.63) is 0 Å². The predicted molar refractivity (Wildman–Crippen MR) is 56.1 cm³/mol. The van der Waals surface area contributed by atoms with E-state index in [0.29, 0.717) is 0 Å². The molecule has 0 unspecified atom stereocenters. The Bertz CT molecular complexity index is 76.5. The second kappa shape index (κ2) is 16.3. The minimum absolute atomic E-state index is 0. The summed E-state index contributed by atoms with van der Waals surface area (Å²) in [6.07, 6.45) is 9.00. The third kappa shape index (κ3) is 56.8. The maximum absolute atomic E-state index is 7.17. The molecule has 1 saturated carbocycles. The highest BCUT2D eigenvalue weighted by Crippen LogP contribution is 2.15. The molecule has 0 aromatic heterocycles. The van der Waals surface area contributed by atoms with Crippen LogP contribution in [0.5, 0.6) is 0 Å². The standard InChI is InChI=1S/C6H12.2BH3O3.H2O/c1-2-4-6-5-3-1;2*2-1(3)4;/h1-6H2;2*2-4H;1H2. The lowest BCUT2D eigenvalue weighted by atomic mass is 10.0. The van der Waals surface area contributed by atoms with Gasteiger partial charge < -0.3 is 35.6 Å². The van der Waals surface area contributed by atoms with Gasteiger partial charge in [-0.1, -0.05) is 38.5 Å². The molecule has 0 spiro atoms. The first-order valence-corrected chi connectivity index (χ1v) is 4.55. The molecule has 15 heavy (non-hydrogen) atoms. The van der Waals surface area contributed by atoms with Gasteiger partial charge in [0.2, 0.25) is 0 Å². The normalized spacial score (nSPS) is 13.2. The van der Waals surface area contributed by atoms with E-state index >= 15 is 0 Å². The fraction of sp³-hybridized carbons (Fsp3) is 1.00. The van der Waals surface area contributed by atoms with Crippen molar-refractivity contribution in [2.24, 2.45) is 0 Å². The average Bonchev–Trinajstić information content (AvgIpc) is 2.05. The van der Waals surface area contributed by atoms with E-state index in [4.69, 9.17) is 30.1 Å². The summed E-state index contributed by atoms with van der Waals surface area (Å²) in [4.78, 5) is 0. The van der Waals surface area contributed by atoms with Gasteiger partial charge in [-0.2, -0.15) is 0 Å². The molecule has 1 aliphatic rings. The van der Waals surface area contributed by atoms with Crippen molar-refractivity contribution in [3.63, 3.8) is 0 Å². The lowest BCUT2D eigenvalue weighted by Crippen LogP contribution is -2.07. The third-order valence-electron chi connectivity index (χ3n) is 1.50. The molecule has 0 aromatic rings. The van der Waals surface area contributed by atoms with E-state index in [1.54, 1.807) is 0 Å². The van der Waals surface area contributed by atoms with Crippen LogP contribution < -0.4 is 0 Å². The van der Waals surface area contributed by atoms with Crippen LogP contribution in [0.15, 0.2) is 0 Å². The highest BCUT2D eigenvalue weighted by atomic mass is 16.5. The molecular weight excluding hydrogens is 206 g/mol. The molecule has 0 radical (unpaired) electrons. The van der Waals surface area contributed by atoms with Gasteiger partial charge in [0.05, 0.1) is 0 Å². The van der Waals surface area contributed by atoms with Gasteiger partial charge in [0.1, 0.15) is 0 Å². The molecule has 0 heterocycles. The van der Waals surface area contributed by atoms with Crippen LogP contribution in [0.3, 0.4) is 0 Å². The molecule has 0 atom stereocenters. The van der Waals surface area contributed by atoms with E-state index in [1.165, 1.54) is 38.5 Å². The van der Waals surface area contributed by atoms with E-state index < -0.39 is 14.6 Å². The zero-order valence-corrected chi connectivity index (χ0v) is 8.58. The molecule has 1 fully saturated rings. The minimum atomic E-state index is -2.17. The van der Waals surface area contributed by atoms with Crippen molar-refractivity contribution in [2.75, 3.05) is 0 Å². The fourth-order valence-electron chi connectivity index (χ4n) is 1.06. The van der Waals surface area contributed by atoms with Crippen molar-refractivity contribution in [3.8, 4) is 0 Å². The molecule has 9 heteroatoms. The Morgan fingerprint density at radius 1 is 0.467 bits per heavy atom. The molecule has 92 valence electrons. The molecule has 1 rings (SSSR count). The molecule has 0 aliphatic heterocycles. The Morgan fingerprint density at radius 2 is 0.533 bits per heavy atom. The van der Waals surface area contributed by atoms with Crippen LogP contribution in [-0.2, 0) is 0 Å². The summed E-state index contributed by atoms with van der Waals surface area (Å²) in [5.74, 6) is 0. The summed E-state index contributed by atoms with van der Waals surface area (Å²) in [5.41, 5.74) is 0. The van der Waals surface area contributed by atoms with Crippen LogP contribution in [0.2, 0.25) is 0 Å². The molecule has 8 N–H and O–H groups in total. The highest BCUT2D eigenvalue weighted by Gasteiger charge is 1.95. The summed E-state index contributed by atoms with van der Waals surface area (Å²) in [7, 11) is -4.33. The molecule has 0 aromatic carbocycles. The van der Waals surface area contributed by atoms with Gasteiger partial charge in [-0.3, -0.25) is 0 Å². The maximum atomic E-state index is 7.17. The lowest BCUT2D eigenvalue weighted by molar-refractivity contribution is 0.276. The average molecular weight is 226 g/mol. The van der Waals surface area contributed by atoms with Crippen molar-refractivity contribution >= 4 is 14.6 Å². The SMILES string of the molecule is C1CCCCC1.O.OB(O)O.OB(O)O. The molecule has 0 bridgehead atoms. The van der Waals surface area contributed by atoms with Gasteiger partial charge in [0, 0.05) is 0 Å². The zero-order valence-electron chi connectivity index (χ0n) is 8.58. The van der Waals surface area contributed by atoms with Crippen LogP contribution in [0.25, 0.3) is 0 Å². The van der Waals surface area contributed by atoms with E-state index in [9.17, 15) is 0 Å². The summed E-state index contributed by atoms with van der Waals surface area (Å²) >= 11 is 0. The Balaban J connectivity index is -0.000000145. The number of hydrogen-bond acceptors (Lipinski definition) is 6. The van der Waals surface area contributed by atoms with Crippen LogP contribution in [-0.4, -0.2) is 50.3 Å². The van der Waals surface area contributed by atoms with Crippen LogP contribution in [0, 0.1) is 0 Å². The van der Waals surface area contributed by atoms with Crippen LogP contribution in [0.1, 0.15) is 38.5 Å². The Hall–Kier alpha value is -0.150. The summed E-state index contributed by atoms with van der Waals surface area (Å²) < 4.78 is 0. The number of rotatable bonds is 0. The topological polar surface area (TPSA) is 153 Å². The van der Waals surface area contributed by atoms with Crippen molar-refractivity contribution in [2.45, 2.75) is 38.5 Å². The van der Waals surface area contributed by atoms with Gasteiger partial charge in [-0.15, -0.1) is 0 Å². The third-order valence-corrected chi connectivity index (χ3v) is 1.50. The quantitative estimate of drug-likeness (QED) is 0.249. The minimum Gasteiger partial charge on any atom is -0.412 e. The summed E-state index contributed by atoms with van der Waals surface area (Å²) in [6, 6.07) is 0. The molecule has 7 nitrogen and oxygen atoms in total. The second-order valence-corrected chi connectivity index (χ2v) is 2.81. The maximum Gasteiger partial charge on any atom is 0.631 e. The monoisotopic (exact) mass is 226 g/mol. The van der Waals surface area contributed by atoms with Gasteiger partial charge >= 0.3 is 14.6 Å². The van der Waals surface area contributed by atoms with Crippen molar-refractivity contribution < 1.29 is 35.6 Å². The van der Waals surface area contributed by atoms with Gasteiger partial charge in [0.25, 0.3) is 0 Å². The Labute approximate surface area is 89.7 Å². The van der Waals surface area contributed by atoms with Crippen molar-refractivity contribution in [1.82, 2.24) is 0 Å². The molecular formula is C6H20B2O7. The smallest absolute Gasteiger partial charge is 0.412 e. The van der Waals surface area contributed by atoms with E-state index in [-0.39, 0.29) is 5.48 Å². The number of hydrogen-bond donors (Lipinski definition) is 6. The fourth-order valence-corrected chi connectivity index (χ4v) is 1.06. The molecule has 0 saturated heterocycles. The van der Waals surface area contributed by atoms with Crippen molar-refractivity contribution in [1.29, 1.82) is 0 Å². The first kappa shape index (κ1) is 20.3. The lowest BCUT2D eigenvalue weighted by Gasteiger charge is -2.05. The molecule has 1 aliphatic carbocycles. The molecule has 0 amide bonds. The zero-order chi connectivity index (χ0) is 11.4. The first-order chi connectivity index (χ1) is 6.46. The van der Waals surface area contributed by atoms with Crippen LogP contribution in [0.4, 0.5) is 0 Å². The largest absolute Gasteiger partial charge is 0.631 e. The van der Waals surface area contributed by atoms with Gasteiger partial charge in [-0.25, -0.2) is 0 Å². The Morgan fingerprint density at radius 3 is 0.600 bits per heavy atom. The summed E-state index contributed by atoms with van der Waals surface area (Å²) in [5, 5.41) is 43.0. The van der Waals surface area contributed by atoms with Gasteiger partial charge in [-0.05, 0) is 0 Å². The summed E-state index contributed by atoms with van der Waals surface area (Å²) in [6.45, 7) is 0. The van der Waals surface area contributed by atoms with Gasteiger partial charge in [0.15, 0.2) is 0 Å². The first-order valence-electron chi connectivity index (χ1n) is 4.55. The van der Waals surface area contributed by atoms with E-state index in [2.05, 4.69) is 0 Å². The second-order valence-electron chi connectivity index (χ2n) is 2.81. The predicted octanol–water partition coefficient (Wildman–Crippen LogP) is -2.59.